The van der Waals surface area contributed by atoms with Gasteiger partial charge in [-0.05, 0) is 25.1 Å². The Bertz CT molecular complexity index is 942. The molecule has 10 heteroatoms. The van der Waals surface area contributed by atoms with Crippen molar-refractivity contribution in [2.75, 3.05) is 32.4 Å². The van der Waals surface area contributed by atoms with E-state index in [1.807, 2.05) is 0 Å². The van der Waals surface area contributed by atoms with Gasteiger partial charge in [0.05, 0.1) is 22.2 Å². The molecule has 126 valence electrons. The van der Waals surface area contributed by atoms with Gasteiger partial charge in [0.2, 0.25) is 20.0 Å². The molecule has 3 rings (SSSR count). The molecular weight excluding hydrogens is 340 g/mol. The fraction of sp³-hybridized carbons (Fsp3) is 0.462. The highest BCUT2D eigenvalue weighted by atomic mass is 32.2. The summed E-state index contributed by atoms with van der Waals surface area (Å²) in [5.41, 5.74) is 1.38. The summed E-state index contributed by atoms with van der Waals surface area (Å²) >= 11 is 0. The quantitative estimate of drug-likeness (QED) is 0.840. The first kappa shape index (κ1) is 16.4. The molecule has 0 amide bonds. The zero-order valence-electron chi connectivity index (χ0n) is 12.9. The van der Waals surface area contributed by atoms with E-state index >= 15 is 0 Å². The van der Waals surface area contributed by atoms with E-state index in [-0.39, 0.29) is 31.1 Å². The molecule has 1 fully saturated rings. The van der Waals surface area contributed by atoms with Crippen LogP contribution in [-0.2, 0) is 20.0 Å². The molecule has 1 aromatic carbocycles. The maximum absolute atomic E-state index is 12.7. The second-order valence-electron chi connectivity index (χ2n) is 5.57. The number of benzene rings is 1. The predicted octanol–water partition coefficient (Wildman–Crippen LogP) is 0.137. The molecule has 0 aliphatic carbocycles. The van der Waals surface area contributed by atoms with Crippen LogP contribution in [0.3, 0.4) is 0 Å². The van der Waals surface area contributed by atoms with Gasteiger partial charge in [-0.3, -0.25) is 0 Å². The lowest BCUT2D eigenvalue weighted by Crippen LogP contribution is -2.50. The molecule has 1 saturated heterocycles. The number of aryl methyl sites for hydroxylation is 1. The molecule has 2 aromatic rings. The minimum Gasteiger partial charge on any atom is -0.342 e. The number of aromatic nitrogens is 2. The van der Waals surface area contributed by atoms with Crippen molar-refractivity contribution in [1.29, 1.82) is 0 Å². The van der Waals surface area contributed by atoms with Crippen LogP contribution in [0, 0.1) is 6.92 Å². The SMILES string of the molecule is Cc1nc2ccc(S(=O)(=O)N3CCN(S(C)(=O)=O)CC3)cc2[nH]1. The van der Waals surface area contributed by atoms with Crippen LogP contribution in [0.15, 0.2) is 23.1 Å². The van der Waals surface area contributed by atoms with E-state index in [0.29, 0.717) is 11.0 Å². The van der Waals surface area contributed by atoms with Gasteiger partial charge >= 0.3 is 0 Å². The van der Waals surface area contributed by atoms with E-state index in [4.69, 9.17) is 0 Å². The van der Waals surface area contributed by atoms with Crippen LogP contribution in [0.5, 0.6) is 0 Å². The van der Waals surface area contributed by atoms with Gasteiger partial charge in [0, 0.05) is 26.2 Å². The van der Waals surface area contributed by atoms with Crippen LogP contribution >= 0.6 is 0 Å². The molecule has 1 N–H and O–H groups in total. The van der Waals surface area contributed by atoms with Gasteiger partial charge in [-0.15, -0.1) is 0 Å². The summed E-state index contributed by atoms with van der Waals surface area (Å²) < 4.78 is 51.1. The van der Waals surface area contributed by atoms with Crippen LogP contribution < -0.4 is 0 Å². The van der Waals surface area contributed by atoms with Gasteiger partial charge in [0.1, 0.15) is 5.82 Å². The lowest BCUT2D eigenvalue weighted by atomic mass is 10.3. The summed E-state index contributed by atoms with van der Waals surface area (Å²) in [6.07, 6.45) is 1.13. The summed E-state index contributed by atoms with van der Waals surface area (Å²) in [5, 5.41) is 0. The number of aromatic amines is 1. The summed E-state index contributed by atoms with van der Waals surface area (Å²) in [6, 6.07) is 4.76. The molecule has 0 spiro atoms. The molecule has 0 radical (unpaired) electrons. The largest absolute Gasteiger partial charge is 0.342 e. The van der Waals surface area contributed by atoms with Crippen LogP contribution in [0.25, 0.3) is 11.0 Å². The van der Waals surface area contributed by atoms with E-state index in [0.717, 1.165) is 12.1 Å². The molecule has 0 atom stereocenters. The first-order chi connectivity index (χ1) is 10.7. The maximum Gasteiger partial charge on any atom is 0.243 e. The number of rotatable bonds is 3. The summed E-state index contributed by atoms with van der Waals surface area (Å²) in [5.74, 6) is 0.719. The number of nitrogens with one attached hydrogen (secondary N) is 1. The number of nitrogens with zero attached hydrogens (tertiary/aromatic N) is 3. The van der Waals surface area contributed by atoms with Crippen LogP contribution in [0.4, 0.5) is 0 Å². The number of sulfonamides is 2. The monoisotopic (exact) mass is 358 g/mol. The first-order valence-electron chi connectivity index (χ1n) is 7.09. The average Bonchev–Trinajstić information content (AvgIpc) is 2.85. The lowest BCUT2D eigenvalue weighted by Gasteiger charge is -2.32. The number of hydrogen-bond donors (Lipinski definition) is 1. The fourth-order valence-corrected chi connectivity index (χ4v) is 4.94. The summed E-state index contributed by atoms with van der Waals surface area (Å²) in [6.45, 7) is 2.44. The second-order valence-corrected chi connectivity index (χ2v) is 9.49. The molecule has 1 aromatic heterocycles. The molecule has 0 bridgehead atoms. The predicted molar refractivity (Wildman–Crippen MR) is 86.0 cm³/mol. The van der Waals surface area contributed by atoms with Crippen molar-refractivity contribution in [2.24, 2.45) is 0 Å². The van der Waals surface area contributed by atoms with Crippen LogP contribution in [-0.4, -0.2) is 67.8 Å². The van der Waals surface area contributed by atoms with Gasteiger partial charge in [0.15, 0.2) is 0 Å². The first-order valence-corrected chi connectivity index (χ1v) is 10.4. The fourth-order valence-electron chi connectivity index (χ4n) is 2.67. The van der Waals surface area contributed by atoms with Gasteiger partial charge in [-0.1, -0.05) is 0 Å². The Morgan fingerprint density at radius 3 is 2.26 bits per heavy atom. The molecule has 0 saturated carbocycles. The highest BCUT2D eigenvalue weighted by molar-refractivity contribution is 7.89. The van der Waals surface area contributed by atoms with Crippen molar-refractivity contribution in [3.8, 4) is 0 Å². The van der Waals surface area contributed by atoms with E-state index < -0.39 is 20.0 Å². The number of fused-ring (bicyclic) bond motifs is 1. The smallest absolute Gasteiger partial charge is 0.243 e. The molecule has 8 nitrogen and oxygen atoms in total. The van der Waals surface area contributed by atoms with Crippen molar-refractivity contribution in [3.05, 3.63) is 24.0 Å². The third-order valence-corrected chi connectivity index (χ3v) is 7.07. The molecular formula is C13H18N4O4S2. The zero-order valence-corrected chi connectivity index (χ0v) is 14.5. The minimum atomic E-state index is -3.65. The van der Waals surface area contributed by atoms with Crippen molar-refractivity contribution in [2.45, 2.75) is 11.8 Å². The molecule has 0 unspecified atom stereocenters. The van der Waals surface area contributed by atoms with E-state index in [2.05, 4.69) is 9.97 Å². The highest BCUT2D eigenvalue weighted by Gasteiger charge is 2.31. The molecule has 23 heavy (non-hydrogen) atoms. The highest BCUT2D eigenvalue weighted by Crippen LogP contribution is 2.22. The Morgan fingerprint density at radius 1 is 1.04 bits per heavy atom. The van der Waals surface area contributed by atoms with Crippen LogP contribution in [0.1, 0.15) is 5.82 Å². The topological polar surface area (TPSA) is 103 Å². The minimum absolute atomic E-state index is 0.148. The van der Waals surface area contributed by atoms with Gasteiger partial charge in [-0.25, -0.2) is 21.8 Å². The van der Waals surface area contributed by atoms with Crippen molar-refractivity contribution >= 4 is 31.1 Å². The number of H-pyrrole nitrogens is 1. The number of piperazine rings is 1. The zero-order chi connectivity index (χ0) is 16.8. The van der Waals surface area contributed by atoms with Gasteiger partial charge < -0.3 is 4.98 Å². The van der Waals surface area contributed by atoms with Gasteiger partial charge in [0.25, 0.3) is 0 Å². The molecule has 2 heterocycles. The van der Waals surface area contributed by atoms with E-state index in [1.54, 1.807) is 19.1 Å². The number of hydrogen-bond acceptors (Lipinski definition) is 5. The Balaban J connectivity index is 1.86. The Hall–Kier alpha value is -1.49. The Kier molecular flexibility index (Phi) is 3.95. The van der Waals surface area contributed by atoms with Crippen LogP contribution in [0.2, 0.25) is 0 Å². The third-order valence-electron chi connectivity index (χ3n) is 3.88. The standard InChI is InChI=1S/C13H18N4O4S2/c1-10-14-12-4-3-11(9-13(12)15-10)23(20,21)17-7-5-16(6-8-17)22(2,18)19/h3-4,9H,5-8H2,1-2H3,(H,14,15). The average molecular weight is 358 g/mol. The lowest BCUT2D eigenvalue weighted by molar-refractivity contribution is 0.274. The third kappa shape index (κ3) is 3.11. The van der Waals surface area contributed by atoms with Crippen molar-refractivity contribution < 1.29 is 16.8 Å². The van der Waals surface area contributed by atoms with Crippen molar-refractivity contribution in [3.63, 3.8) is 0 Å². The van der Waals surface area contributed by atoms with E-state index in [9.17, 15) is 16.8 Å². The molecule has 1 aliphatic rings. The second kappa shape index (κ2) is 5.55. The Morgan fingerprint density at radius 2 is 1.65 bits per heavy atom. The maximum atomic E-state index is 12.7. The van der Waals surface area contributed by atoms with Gasteiger partial charge in [-0.2, -0.15) is 8.61 Å². The molecule has 1 aliphatic heterocycles. The number of imidazole rings is 1. The van der Waals surface area contributed by atoms with Crippen molar-refractivity contribution in [1.82, 2.24) is 18.6 Å². The summed E-state index contributed by atoms with van der Waals surface area (Å²) in [4.78, 5) is 7.45. The summed E-state index contributed by atoms with van der Waals surface area (Å²) in [7, 11) is -6.94. The normalized spacial score (nSPS) is 18.5. The van der Waals surface area contributed by atoms with E-state index in [1.165, 1.54) is 14.7 Å². The Labute approximate surface area is 135 Å².